The summed E-state index contributed by atoms with van der Waals surface area (Å²) in [5.41, 5.74) is -1.45. The van der Waals surface area contributed by atoms with Crippen LogP contribution in [0.15, 0.2) is 17.5 Å². The number of rotatable bonds is 5. The summed E-state index contributed by atoms with van der Waals surface area (Å²) in [6, 6.07) is 4.28. The van der Waals surface area contributed by atoms with E-state index < -0.39 is 11.6 Å². The maximum absolute atomic E-state index is 12.9. The number of hydrogen-bond donors (Lipinski definition) is 2. The van der Waals surface area contributed by atoms with Crippen LogP contribution in [0.2, 0.25) is 0 Å². The summed E-state index contributed by atoms with van der Waals surface area (Å²) in [4.78, 5) is 13.6. The van der Waals surface area contributed by atoms with Gasteiger partial charge in [0, 0.05) is 16.8 Å². The Labute approximate surface area is 142 Å². The van der Waals surface area contributed by atoms with Gasteiger partial charge in [0.25, 0.3) is 0 Å². The average Bonchev–Trinajstić information content (AvgIpc) is 3.28. The molecule has 0 unspecified atom stereocenters. The molecule has 128 valence electrons. The maximum atomic E-state index is 12.9. The van der Waals surface area contributed by atoms with Gasteiger partial charge in [-0.1, -0.05) is 18.9 Å². The second-order valence-electron chi connectivity index (χ2n) is 6.89. The van der Waals surface area contributed by atoms with E-state index in [-0.39, 0.29) is 12.0 Å². The molecule has 2 aliphatic carbocycles. The van der Waals surface area contributed by atoms with Crippen molar-refractivity contribution in [2.75, 3.05) is 7.05 Å². The lowest BCUT2D eigenvalue weighted by Gasteiger charge is -2.34. The molecule has 2 N–H and O–H groups in total. The fourth-order valence-electron chi connectivity index (χ4n) is 4.02. The summed E-state index contributed by atoms with van der Waals surface area (Å²) in [6.45, 7) is 0. The van der Waals surface area contributed by atoms with Gasteiger partial charge in [0.05, 0.1) is 0 Å². The number of carbonyl (C=O) groups excluding carboxylic acids is 1. The zero-order valence-corrected chi connectivity index (χ0v) is 14.6. The first-order valence-corrected chi connectivity index (χ1v) is 9.67. The fraction of sp³-hybridized carbons (Fsp3) is 0.722. The molecule has 1 atom stereocenters. The summed E-state index contributed by atoms with van der Waals surface area (Å²) in [5.74, 6) is -0.443. The van der Waals surface area contributed by atoms with E-state index in [1.807, 2.05) is 24.6 Å². The average molecular weight is 337 g/mol. The third kappa shape index (κ3) is 3.47. The van der Waals surface area contributed by atoms with E-state index in [1.165, 1.54) is 11.3 Å². The van der Waals surface area contributed by atoms with E-state index in [9.17, 15) is 9.90 Å². The third-order valence-corrected chi connectivity index (χ3v) is 6.50. The second-order valence-corrected chi connectivity index (χ2v) is 7.84. The quantitative estimate of drug-likeness (QED) is 0.810. The summed E-state index contributed by atoms with van der Waals surface area (Å²) in [6.07, 6.45) is 7.71. The fourth-order valence-corrected chi connectivity index (χ4v) is 4.91. The van der Waals surface area contributed by atoms with Gasteiger partial charge >= 0.3 is 5.97 Å². The van der Waals surface area contributed by atoms with Crippen LogP contribution in [0.25, 0.3) is 0 Å². The maximum Gasteiger partial charge on any atom is 0.344 e. The Bertz CT molecular complexity index is 504. The summed E-state index contributed by atoms with van der Waals surface area (Å²) in [5, 5.41) is 16.5. The molecule has 2 saturated carbocycles. The zero-order valence-electron chi connectivity index (χ0n) is 13.8. The molecule has 1 aromatic heterocycles. The van der Waals surface area contributed by atoms with Crippen molar-refractivity contribution in [2.24, 2.45) is 5.92 Å². The van der Waals surface area contributed by atoms with Gasteiger partial charge in [0.2, 0.25) is 0 Å². The van der Waals surface area contributed by atoms with E-state index in [0.29, 0.717) is 6.04 Å². The highest BCUT2D eigenvalue weighted by Crippen LogP contribution is 2.43. The number of aliphatic hydroxyl groups is 1. The molecular weight excluding hydrogens is 310 g/mol. The van der Waals surface area contributed by atoms with Crippen molar-refractivity contribution in [3.8, 4) is 0 Å². The number of nitrogens with one attached hydrogen (secondary N) is 1. The highest BCUT2D eigenvalue weighted by atomic mass is 32.1. The standard InChI is InChI=1S/C18H27NO3S/c1-19-14-8-10-15(11-9-14)22-17(20)18(21,13-5-2-3-6-13)16-7-4-12-23-16/h4,7,12-15,19,21H,2-3,5-6,8-11H2,1H3/t14-,15-,18-/m1/s1. The Kier molecular flexibility index (Phi) is 5.39. The van der Waals surface area contributed by atoms with Crippen molar-refractivity contribution in [3.05, 3.63) is 22.4 Å². The molecular formula is C18H27NO3S. The Morgan fingerprint density at radius 2 is 1.96 bits per heavy atom. The van der Waals surface area contributed by atoms with Crippen molar-refractivity contribution in [2.45, 2.75) is 69.1 Å². The summed E-state index contributed by atoms with van der Waals surface area (Å²) in [7, 11) is 1.98. The highest BCUT2D eigenvalue weighted by Gasteiger charge is 2.49. The topological polar surface area (TPSA) is 58.6 Å². The van der Waals surface area contributed by atoms with Crippen LogP contribution in [-0.4, -0.2) is 30.3 Å². The van der Waals surface area contributed by atoms with Crippen molar-refractivity contribution >= 4 is 17.3 Å². The molecule has 0 aromatic carbocycles. The Morgan fingerprint density at radius 3 is 2.52 bits per heavy atom. The molecule has 0 saturated heterocycles. The molecule has 4 nitrogen and oxygen atoms in total. The van der Waals surface area contributed by atoms with E-state index >= 15 is 0 Å². The predicted molar refractivity (Wildman–Crippen MR) is 91.4 cm³/mol. The Hall–Kier alpha value is -0.910. The van der Waals surface area contributed by atoms with Crippen LogP contribution in [0.4, 0.5) is 0 Å². The van der Waals surface area contributed by atoms with Gasteiger partial charge in [-0.05, 0) is 57.0 Å². The van der Waals surface area contributed by atoms with Crippen molar-refractivity contribution in [1.29, 1.82) is 0 Å². The predicted octanol–water partition coefficient (Wildman–Crippen LogP) is 3.20. The third-order valence-electron chi connectivity index (χ3n) is 5.51. The molecule has 0 bridgehead atoms. The van der Waals surface area contributed by atoms with E-state index in [2.05, 4.69) is 5.32 Å². The van der Waals surface area contributed by atoms with Crippen LogP contribution in [0.3, 0.4) is 0 Å². The van der Waals surface area contributed by atoms with Crippen LogP contribution >= 0.6 is 11.3 Å². The van der Waals surface area contributed by atoms with Gasteiger partial charge < -0.3 is 15.2 Å². The van der Waals surface area contributed by atoms with E-state index in [1.54, 1.807) is 0 Å². The first-order valence-electron chi connectivity index (χ1n) is 8.79. The summed E-state index contributed by atoms with van der Waals surface area (Å²) >= 11 is 1.45. The van der Waals surface area contributed by atoms with Gasteiger partial charge in [-0.15, -0.1) is 11.3 Å². The van der Waals surface area contributed by atoms with E-state index in [4.69, 9.17) is 4.74 Å². The van der Waals surface area contributed by atoms with Crippen molar-refractivity contribution in [1.82, 2.24) is 5.32 Å². The summed E-state index contributed by atoms with van der Waals surface area (Å²) < 4.78 is 5.78. The first-order chi connectivity index (χ1) is 11.1. The lowest BCUT2D eigenvalue weighted by Crippen LogP contribution is -2.45. The smallest absolute Gasteiger partial charge is 0.344 e. The van der Waals surface area contributed by atoms with Gasteiger partial charge in [0.1, 0.15) is 6.10 Å². The van der Waals surface area contributed by atoms with Crippen LogP contribution in [0.5, 0.6) is 0 Å². The lowest BCUT2D eigenvalue weighted by molar-refractivity contribution is -0.180. The number of ether oxygens (including phenoxy) is 1. The van der Waals surface area contributed by atoms with Crippen LogP contribution in [0, 0.1) is 5.92 Å². The molecule has 0 radical (unpaired) electrons. The van der Waals surface area contributed by atoms with E-state index in [0.717, 1.165) is 56.2 Å². The normalized spacial score (nSPS) is 28.4. The lowest BCUT2D eigenvalue weighted by atomic mass is 9.84. The SMILES string of the molecule is CN[C@H]1CC[C@H](OC(=O)[C@](O)(c2cccs2)C2CCCC2)CC1. The molecule has 5 heteroatoms. The van der Waals surface area contributed by atoms with Crippen LogP contribution in [0.1, 0.15) is 56.2 Å². The zero-order chi connectivity index (χ0) is 16.3. The number of esters is 1. The Balaban J connectivity index is 1.71. The van der Waals surface area contributed by atoms with Gasteiger partial charge in [-0.3, -0.25) is 0 Å². The van der Waals surface area contributed by atoms with Crippen LogP contribution < -0.4 is 5.32 Å². The molecule has 2 fully saturated rings. The molecule has 0 aliphatic heterocycles. The molecule has 0 spiro atoms. The Morgan fingerprint density at radius 1 is 1.26 bits per heavy atom. The molecule has 23 heavy (non-hydrogen) atoms. The van der Waals surface area contributed by atoms with Gasteiger partial charge in [0.15, 0.2) is 5.60 Å². The second kappa shape index (κ2) is 7.32. The molecule has 3 rings (SSSR count). The minimum absolute atomic E-state index is 0.0118. The number of hydrogen-bond acceptors (Lipinski definition) is 5. The largest absolute Gasteiger partial charge is 0.460 e. The van der Waals surface area contributed by atoms with Gasteiger partial charge in [-0.2, -0.15) is 0 Å². The highest BCUT2D eigenvalue weighted by molar-refractivity contribution is 7.10. The van der Waals surface area contributed by atoms with Gasteiger partial charge in [-0.25, -0.2) is 4.79 Å². The minimum Gasteiger partial charge on any atom is -0.460 e. The van der Waals surface area contributed by atoms with Crippen molar-refractivity contribution in [3.63, 3.8) is 0 Å². The molecule has 1 aromatic rings. The number of carbonyl (C=O) groups is 1. The van der Waals surface area contributed by atoms with Crippen LogP contribution in [-0.2, 0) is 15.1 Å². The monoisotopic (exact) mass is 337 g/mol. The first kappa shape index (κ1) is 16.9. The molecule has 2 aliphatic rings. The number of thiophene rings is 1. The minimum atomic E-state index is -1.45. The van der Waals surface area contributed by atoms with Crippen molar-refractivity contribution < 1.29 is 14.6 Å². The molecule has 0 amide bonds. The molecule has 1 heterocycles.